The van der Waals surface area contributed by atoms with Crippen molar-refractivity contribution >= 4 is 50.2 Å². The van der Waals surface area contributed by atoms with Crippen molar-refractivity contribution in [2.75, 3.05) is 11.5 Å². The molecule has 0 saturated heterocycles. The summed E-state index contributed by atoms with van der Waals surface area (Å²) < 4.78 is 11.7. The second-order valence-electron chi connectivity index (χ2n) is 8.74. The van der Waals surface area contributed by atoms with Gasteiger partial charge >= 0.3 is 5.97 Å². The number of ketones is 1. The second kappa shape index (κ2) is 10.2. The molecular formula is C29H22BrNO7. The van der Waals surface area contributed by atoms with Gasteiger partial charge in [-0.25, -0.2) is 4.79 Å². The second-order valence-corrected chi connectivity index (χ2v) is 9.65. The van der Waals surface area contributed by atoms with Gasteiger partial charge in [0.15, 0.2) is 11.5 Å². The van der Waals surface area contributed by atoms with Crippen molar-refractivity contribution in [3.8, 4) is 5.75 Å². The van der Waals surface area contributed by atoms with Gasteiger partial charge in [-0.3, -0.25) is 14.5 Å². The third-order valence-electron chi connectivity index (χ3n) is 6.18. The zero-order valence-electron chi connectivity index (χ0n) is 20.2. The van der Waals surface area contributed by atoms with Crippen molar-refractivity contribution in [1.29, 1.82) is 0 Å². The standard InChI is InChI=1S/C29H22BrNO7/c1-2-13-37-29(36)17-3-8-20(9-4-17)31-25(16-5-10-21(32)11-6-16)24(27(34)28(31)35)26(33)23-15-18-14-19(30)7-12-22(18)38-23/h3-12,14-15,25,32,34H,2,13H2,1H3. The number of hydrogen-bond donors (Lipinski definition) is 2. The molecule has 1 atom stereocenters. The molecule has 5 rings (SSSR count). The quantitative estimate of drug-likeness (QED) is 0.197. The van der Waals surface area contributed by atoms with E-state index in [4.69, 9.17) is 9.15 Å². The van der Waals surface area contributed by atoms with E-state index in [2.05, 4.69) is 15.9 Å². The number of esters is 1. The molecule has 8 nitrogen and oxygen atoms in total. The van der Waals surface area contributed by atoms with Crippen molar-refractivity contribution in [3.63, 3.8) is 0 Å². The molecule has 38 heavy (non-hydrogen) atoms. The number of furan rings is 1. The van der Waals surface area contributed by atoms with E-state index < -0.39 is 29.5 Å². The number of rotatable bonds is 7. The number of carbonyl (C=O) groups is 3. The van der Waals surface area contributed by atoms with Crippen LogP contribution < -0.4 is 4.90 Å². The molecule has 1 aliphatic rings. The molecule has 3 aromatic carbocycles. The third-order valence-corrected chi connectivity index (χ3v) is 6.68. The van der Waals surface area contributed by atoms with Gasteiger partial charge in [0.25, 0.3) is 5.91 Å². The van der Waals surface area contributed by atoms with Crippen molar-refractivity contribution < 1.29 is 33.8 Å². The van der Waals surface area contributed by atoms with Gasteiger partial charge in [0.1, 0.15) is 11.3 Å². The molecule has 0 saturated carbocycles. The van der Waals surface area contributed by atoms with E-state index in [9.17, 15) is 24.6 Å². The smallest absolute Gasteiger partial charge is 0.338 e. The molecule has 2 heterocycles. The minimum atomic E-state index is -1.02. The Balaban J connectivity index is 1.57. The van der Waals surface area contributed by atoms with Crippen LogP contribution in [0.5, 0.6) is 5.75 Å². The van der Waals surface area contributed by atoms with Gasteiger partial charge < -0.3 is 19.4 Å². The normalized spacial score (nSPS) is 15.4. The molecule has 0 fully saturated rings. The van der Waals surface area contributed by atoms with Gasteiger partial charge in [-0.1, -0.05) is 35.0 Å². The highest BCUT2D eigenvalue weighted by Crippen LogP contribution is 2.42. The summed E-state index contributed by atoms with van der Waals surface area (Å²) in [5.74, 6) is -2.67. The summed E-state index contributed by atoms with van der Waals surface area (Å²) in [6, 6.07) is 17.9. The van der Waals surface area contributed by atoms with E-state index in [1.807, 2.05) is 6.92 Å². The highest BCUT2D eigenvalue weighted by Gasteiger charge is 2.45. The lowest BCUT2D eigenvalue weighted by atomic mass is 9.94. The first-order chi connectivity index (χ1) is 18.3. The van der Waals surface area contributed by atoms with E-state index in [0.29, 0.717) is 34.2 Å². The maximum Gasteiger partial charge on any atom is 0.338 e. The molecule has 0 radical (unpaired) electrons. The number of hydrogen-bond acceptors (Lipinski definition) is 7. The summed E-state index contributed by atoms with van der Waals surface area (Å²) in [6.45, 7) is 2.18. The predicted octanol–water partition coefficient (Wildman–Crippen LogP) is 6.25. The molecule has 0 aliphatic carbocycles. The number of ether oxygens (including phenoxy) is 1. The van der Waals surface area contributed by atoms with Gasteiger partial charge in [-0.05, 0) is 72.6 Å². The number of carbonyl (C=O) groups excluding carboxylic acids is 3. The van der Waals surface area contributed by atoms with Gasteiger partial charge in [-0.15, -0.1) is 0 Å². The minimum absolute atomic E-state index is 0.00325. The van der Waals surface area contributed by atoms with Crippen LogP contribution in [0.3, 0.4) is 0 Å². The lowest BCUT2D eigenvalue weighted by Crippen LogP contribution is -2.31. The number of fused-ring (bicyclic) bond motifs is 1. The number of benzene rings is 3. The molecule has 0 bridgehead atoms. The van der Waals surface area contributed by atoms with Gasteiger partial charge in [0.2, 0.25) is 5.78 Å². The van der Waals surface area contributed by atoms with Crippen LogP contribution in [0, 0.1) is 0 Å². The van der Waals surface area contributed by atoms with Crippen LogP contribution in [0.25, 0.3) is 11.0 Å². The highest BCUT2D eigenvalue weighted by atomic mass is 79.9. The maximum atomic E-state index is 13.7. The number of aliphatic hydroxyl groups is 1. The molecule has 2 N–H and O–H groups in total. The number of phenolic OH excluding ortho intramolecular Hbond substituents is 1. The number of phenols is 1. The number of anilines is 1. The topological polar surface area (TPSA) is 117 Å². The highest BCUT2D eigenvalue weighted by molar-refractivity contribution is 9.10. The maximum absolute atomic E-state index is 13.7. The third kappa shape index (κ3) is 4.56. The van der Waals surface area contributed by atoms with E-state index >= 15 is 0 Å². The van der Waals surface area contributed by atoms with Gasteiger partial charge in [0.05, 0.1) is 23.8 Å². The van der Waals surface area contributed by atoms with Crippen LogP contribution in [0.2, 0.25) is 0 Å². The Morgan fingerprint density at radius 3 is 2.39 bits per heavy atom. The van der Waals surface area contributed by atoms with Crippen molar-refractivity contribution in [2.45, 2.75) is 19.4 Å². The van der Waals surface area contributed by atoms with E-state index in [0.717, 1.165) is 4.47 Å². The molecule has 1 amide bonds. The van der Waals surface area contributed by atoms with E-state index in [1.165, 1.54) is 29.2 Å². The summed E-state index contributed by atoms with van der Waals surface area (Å²) in [7, 11) is 0. The first kappa shape index (κ1) is 25.3. The summed E-state index contributed by atoms with van der Waals surface area (Å²) >= 11 is 3.39. The average Bonchev–Trinajstić information content (AvgIpc) is 3.45. The number of halogens is 1. The Bertz CT molecular complexity index is 1590. The molecule has 9 heteroatoms. The monoisotopic (exact) mass is 575 g/mol. The summed E-state index contributed by atoms with van der Waals surface area (Å²) in [6.07, 6.45) is 0.685. The Kier molecular flexibility index (Phi) is 6.77. The number of aliphatic hydroxyl groups excluding tert-OH is 1. The molecule has 0 spiro atoms. The van der Waals surface area contributed by atoms with Crippen molar-refractivity contribution in [2.24, 2.45) is 0 Å². The minimum Gasteiger partial charge on any atom is -0.508 e. The predicted molar refractivity (Wildman–Crippen MR) is 143 cm³/mol. The van der Waals surface area contributed by atoms with Crippen molar-refractivity contribution in [1.82, 2.24) is 0 Å². The molecule has 192 valence electrons. The first-order valence-corrected chi connectivity index (χ1v) is 12.6. The van der Waals surface area contributed by atoms with Crippen LogP contribution in [0.1, 0.15) is 45.9 Å². The molecule has 4 aromatic rings. The Labute approximate surface area is 225 Å². The summed E-state index contributed by atoms with van der Waals surface area (Å²) in [4.78, 5) is 40.6. The molecule has 1 aromatic heterocycles. The zero-order valence-corrected chi connectivity index (χ0v) is 21.8. The number of amides is 1. The molecule has 1 aliphatic heterocycles. The van der Waals surface area contributed by atoms with Gasteiger partial charge in [0, 0.05) is 15.5 Å². The molecular weight excluding hydrogens is 554 g/mol. The van der Waals surface area contributed by atoms with Crippen LogP contribution in [-0.2, 0) is 9.53 Å². The zero-order chi connectivity index (χ0) is 27.0. The fraction of sp³-hybridized carbons (Fsp3) is 0.138. The Morgan fingerprint density at radius 2 is 1.71 bits per heavy atom. The first-order valence-electron chi connectivity index (χ1n) is 11.8. The molecule has 1 unspecified atom stereocenters. The Hall–Kier alpha value is -4.37. The van der Waals surface area contributed by atoms with E-state index in [1.54, 1.807) is 48.5 Å². The Morgan fingerprint density at radius 1 is 1.00 bits per heavy atom. The van der Waals surface area contributed by atoms with Crippen LogP contribution >= 0.6 is 15.9 Å². The SMILES string of the molecule is CCCOC(=O)c1ccc(N2C(=O)C(O)=C(C(=O)c3cc4cc(Br)ccc4o3)C2c2ccc(O)cc2)cc1. The fourth-order valence-corrected chi connectivity index (χ4v) is 4.75. The summed E-state index contributed by atoms with van der Waals surface area (Å²) in [5, 5.41) is 21.5. The number of aromatic hydroxyl groups is 1. The number of nitrogens with zero attached hydrogens (tertiary/aromatic N) is 1. The lowest BCUT2D eigenvalue weighted by molar-refractivity contribution is -0.117. The van der Waals surface area contributed by atoms with Crippen LogP contribution in [0.15, 0.2) is 93.0 Å². The lowest BCUT2D eigenvalue weighted by Gasteiger charge is -2.27. The summed E-state index contributed by atoms with van der Waals surface area (Å²) in [5.41, 5.74) is 1.45. The van der Waals surface area contributed by atoms with Gasteiger partial charge in [-0.2, -0.15) is 0 Å². The van der Waals surface area contributed by atoms with Crippen LogP contribution in [-0.4, -0.2) is 34.5 Å². The van der Waals surface area contributed by atoms with E-state index in [-0.39, 0.29) is 23.7 Å². The number of Topliss-reactive ketones (excluding diaryl/α,β-unsaturated/α-hetero) is 1. The fourth-order valence-electron chi connectivity index (χ4n) is 4.37. The largest absolute Gasteiger partial charge is 0.508 e. The average molecular weight is 576 g/mol. The van der Waals surface area contributed by atoms with Crippen LogP contribution in [0.4, 0.5) is 5.69 Å². The van der Waals surface area contributed by atoms with Crippen molar-refractivity contribution in [3.05, 3.63) is 105 Å².